The van der Waals surface area contributed by atoms with E-state index >= 15 is 0 Å². The summed E-state index contributed by atoms with van der Waals surface area (Å²) in [5, 5.41) is 2.36. The molecule has 1 aromatic rings. The molecule has 11 heteroatoms. The minimum atomic E-state index is -5.75. The van der Waals surface area contributed by atoms with Crippen LogP contribution in [-0.4, -0.2) is 39.0 Å². The summed E-state index contributed by atoms with van der Waals surface area (Å²) in [6.45, 7) is 1.20. The molecule has 1 amide bonds. The third-order valence-electron chi connectivity index (χ3n) is 2.72. The Morgan fingerprint density at radius 2 is 1.75 bits per heavy atom. The number of hydrogen-bond donors (Lipinski definition) is 1. The number of rotatable bonds is 6. The topological polar surface area (TPSA) is 98.8 Å². The Kier molecular flexibility index (Phi) is 6.18. The molecule has 0 spiro atoms. The Balaban J connectivity index is 2.87. The van der Waals surface area contributed by atoms with Gasteiger partial charge in [-0.25, -0.2) is 4.79 Å². The number of nitrogens with one attached hydrogen (secondary N) is 1. The monoisotopic (exact) mass is 369 g/mol. The van der Waals surface area contributed by atoms with E-state index in [9.17, 15) is 31.2 Å². The van der Waals surface area contributed by atoms with Gasteiger partial charge < -0.3 is 14.2 Å². The van der Waals surface area contributed by atoms with Crippen molar-refractivity contribution < 1.29 is 40.1 Å². The maximum absolute atomic E-state index is 12.2. The highest BCUT2D eigenvalue weighted by molar-refractivity contribution is 7.88. The molecule has 0 heterocycles. The number of hydrogen-bond acceptors (Lipinski definition) is 6. The lowest BCUT2D eigenvalue weighted by Crippen LogP contribution is -2.41. The standard InChI is InChI=1S/C13H14F3NO6S/c1-8(18)17-11(12(19)22-2)7-9-3-5-10(6-4-9)23-24(20,21)13(14,15)16/h3-6,11H,7H2,1-2H3,(H,17,18)/t11-/m0/s1. The van der Waals surface area contributed by atoms with Crippen LogP contribution in [0.5, 0.6) is 5.75 Å². The van der Waals surface area contributed by atoms with Crippen LogP contribution in [0.25, 0.3) is 0 Å². The van der Waals surface area contributed by atoms with Gasteiger partial charge in [0.05, 0.1) is 7.11 Å². The van der Waals surface area contributed by atoms with Gasteiger partial charge in [-0.2, -0.15) is 21.6 Å². The van der Waals surface area contributed by atoms with Crippen molar-refractivity contribution in [3.8, 4) is 5.75 Å². The van der Waals surface area contributed by atoms with Gasteiger partial charge in [0.25, 0.3) is 0 Å². The molecule has 0 saturated heterocycles. The van der Waals surface area contributed by atoms with E-state index in [0.717, 1.165) is 19.2 Å². The summed E-state index contributed by atoms with van der Waals surface area (Å²) >= 11 is 0. The molecule has 1 aromatic carbocycles. The molecule has 0 saturated carbocycles. The first-order valence-electron chi connectivity index (χ1n) is 6.41. The van der Waals surface area contributed by atoms with Gasteiger partial charge >= 0.3 is 21.6 Å². The third-order valence-corrected chi connectivity index (χ3v) is 3.69. The van der Waals surface area contributed by atoms with E-state index in [2.05, 4.69) is 14.2 Å². The second-order valence-electron chi connectivity index (χ2n) is 4.61. The van der Waals surface area contributed by atoms with E-state index in [0.29, 0.717) is 5.56 Å². The molecule has 0 radical (unpaired) electrons. The zero-order valence-electron chi connectivity index (χ0n) is 12.6. The number of alkyl halides is 3. The average Bonchev–Trinajstić information content (AvgIpc) is 2.45. The fourth-order valence-electron chi connectivity index (χ4n) is 1.67. The van der Waals surface area contributed by atoms with Crippen molar-refractivity contribution in [2.75, 3.05) is 7.11 Å². The fourth-order valence-corrected chi connectivity index (χ4v) is 2.13. The van der Waals surface area contributed by atoms with Crippen molar-refractivity contribution >= 4 is 22.0 Å². The van der Waals surface area contributed by atoms with Gasteiger partial charge in [-0.1, -0.05) is 12.1 Å². The number of esters is 1. The second kappa shape index (κ2) is 7.51. The zero-order valence-corrected chi connectivity index (χ0v) is 13.4. The molecule has 1 rings (SSSR count). The second-order valence-corrected chi connectivity index (χ2v) is 6.15. The molecule has 0 aromatic heterocycles. The van der Waals surface area contributed by atoms with Gasteiger partial charge in [-0.15, -0.1) is 0 Å². The van der Waals surface area contributed by atoms with E-state index in [1.54, 1.807) is 0 Å². The Labute approximate surface area is 135 Å². The summed E-state index contributed by atoms with van der Waals surface area (Å²) in [6, 6.07) is 3.54. The highest BCUT2D eigenvalue weighted by atomic mass is 32.2. The predicted octanol–water partition coefficient (Wildman–Crippen LogP) is 1.14. The van der Waals surface area contributed by atoms with E-state index < -0.39 is 39.3 Å². The van der Waals surface area contributed by atoms with E-state index in [1.807, 2.05) is 0 Å². The minimum Gasteiger partial charge on any atom is -0.467 e. The van der Waals surface area contributed by atoms with Crippen LogP contribution in [0.2, 0.25) is 0 Å². The van der Waals surface area contributed by atoms with E-state index in [-0.39, 0.29) is 6.42 Å². The predicted molar refractivity (Wildman–Crippen MR) is 75.4 cm³/mol. The van der Waals surface area contributed by atoms with E-state index in [1.165, 1.54) is 19.1 Å². The molecule has 0 unspecified atom stereocenters. The highest BCUT2D eigenvalue weighted by Gasteiger charge is 2.48. The Bertz CT molecular complexity index is 699. The summed E-state index contributed by atoms with van der Waals surface area (Å²) in [7, 11) is -4.62. The first-order valence-corrected chi connectivity index (χ1v) is 7.81. The quantitative estimate of drug-likeness (QED) is 0.459. The van der Waals surface area contributed by atoms with Crippen LogP contribution in [0.3, 0.4) is 0 Å². The van der Waals surface area contributed by atoms with Crippen LogP contribution in [0.1, 0.15) is 12.5 Å². The Morgan fingerprint density at radius 1 is 1.21 bits per heavy atom. The number of benzene rings is 1. The van der Waals surface area contributed by atoms with Crippen molar-refractivity contribution in [1.29, 1.82) is 0 Å². The van der Waals surface area contributed by atoms with Gasteiger partial charge in [0.15, 0.2) is 0 Å². The summed E-state index contributed by atoms with van der Waals surface area (Å²) in [5.74, 6) is -1.71. The maximum atomic E-state index is 12.2. The van der Waals surface area contributed by atoms with Crippen molar-refractivity contribution in [3.05, 3.63) is 29.8 Å². The lowest BCUT2D eigenvalue weighted by molar-refractivity contribution is -0.144. The molecule has 0 aliphatic carbocycles. The molecule has 0 bridgehead atoms. The first kappa shape index (κ1) is 19.7. The average molecular weight is 369 g/mol. The number of carbonyl (C=O) groups is 2. The van der Waals surface area contributed by atoms with Gasteiger partial charge in [0, 0.05) is 13.3 Å². The maximum Gasteiger partial charge on any atom is 0.534 e. The van der Waals surface area contributed by atoms with Gasteiger partial charge in [-0.05, 0) is 17.7 Å². The van der Waals surface area contributed by atoms with Crippen molar-refractivity contribution in [3.63, 3.8) is 0 Å². The molecule has 0 aliphatic rings. The summed E-state index contributed by atoms with van der Waals surface area (Å²) < 4.78 is 66.9. The van der Waals surface area contributed by atoms with Crippen molar-refractivity contribution in [2.45, 2.75) is 24.9 Å². The van der Waals surface area contributed by atoms with Crippen LogP contribution in [-0.2, 0) is 30.9 Å². The zero-order chi connectivity index (χ0) is 18.5. The molecule has 134 valence electrons. The number of ether oxygens (including phenoxy) is 1. The molecule has 0 aliphatic heterocycles. The highest BCUT2D eigenvalue weighted by Crippen LogP contribution is 2.27. The van der Waals surface area contributed by atoms with Crippen LogP contribution in [0.15, 0.2) is 24.3 Å². The Hall–Kier alpha value is -2.30. The molecule has 7 nitrogen and oxygen atoms in total. The Morgan fingerprint density at radius 3 is 2.17 bits per heavy atom. The van der Waals surface area contributed by atoms with Crippen molar-refractivity contribution in [1.82, 2.24) is 5.32 Å². The summed E-state index contributed by atoms with van der Waals surface area (Å²) in [4.78, 5) is 22.6. The molecular weight excluding hydrogens is 355 g/mol. The number of methoxy groups -OCH3 is 1. The van der Waals surface area contributed by atoms with Crippen LogP contribution in [0, 0.1) is 0 Å². The van der Waals surface area contributed by atoms with Crippen molar-refractivity contribution in [2.24, 2.45) is 0 Å². The molecule has 1 atom stereocenters. The number of halogens is 3. The number of amides is 1. The summed E-state index contributed by atoms with van der Waals surface area (Å²) in [6.07, 6.45) is -0.00143. The minimum absolute atomic E-state index is 0.00143. The first-order chi connectivity index (χ1) is 11.0. The lowest BCUT2D eigenvalue weighted by atomic mass is 10.1. The van der Waals surface area contributed by atoms with Crippen LogP contribution < -0.4 is 9.50 Å². The smallest absolute Gasteiger partial charge is 0.467 e. The molecular formula is C13H14F3NO6S. The van der Waals surface area contributed by atoms with Gasteiger partial charge in [-0.3, -0.25) is 4.79 Å². The van der Waals surface area contributed by atoms with Crippen LogP contribution >= 0.6 is 0 Å². The largest absolute Gasteiger partial charge is 0.534 e. The summed E-state index contributed by atoms with van der Waals surface area (Å²) in [5.41, 5.74) is -5.09. The SMILES string of the molecule is COC(=O)[C@H](Cc1ccc(OS(=O)(=O)C(F)(F)F)cc1)NC(C)=O. The van der Waals surface area contributed by atoms with E-state index in [4.69, 9.17) is 0 Å². The van der Waals surface area contributed by atoms with Crippen LogP contribution in [0.4, 0.5) is 13.2 Å². The number of carbonyl (C=O) groups excluding carboxylic acids is 2. The molecule has 0 fully saturated rings. The third kappa shape index (κ3) is 5.41. The fraction of sp³-hybridized carbons (Fsp3) is 0.385. The normalized spacial score (nSPS) is 13.0. The molecule has 1 N–H and O–H groups in total. The molecule has 24 heavy (non-hydrogen) atoms. The van der Waals surface area contributed by atoms with Gasteiger partial charge in [0.1, 0.15) is 11.8 Å². The lowest BCUT2D eigenvalue weighted by Gasteiger charge is -2.15. The van der Waals surface area contributed by atoms with Gasteiger partial charge in [0.2, 0.25) is 5.91 Å².